The molecule has 2 aromatic heterocycles. The molecule has 1 aliphatic heterocycles. The predicted octanol–water partition coefficient (Wildman–Crippen LogP) is 5.26. The van der Waals surface area contributed by atoms with Crippen molar-refractivity contribution in [3.8, 4) is 0 Å². The number of hydrogen-bond donors (Lipinski definition) is 0. The Bertz CT molecular complexity index is 1540. The molecule has 0 radical (unpaired) electrons. The van der Waals surface area contributed by atoms with Gasteiger partial charge in [-0.1, -0.05) is 29.0 Å². The molecule has 2 aromatic carbocycles. The predicted molar refractivity (Wildman–Crippen MR) is 138 cm³/mol. The van der Waals surface area contributed by atoms with Crippen LogP contribution in [0.15, 0.2) is 65.8 Å². The SMILES string of the molecule is O=C(C1CCN(S(=O)(=O)c2ccc(Cl)cc2)CC1)N(Cc1cccnc1)c1nc2c(F)cc(F)cc2s1. The first-order valence-corrected chi connectivity index (χ1v) is 14.1. The van der Waals surface area contributed by atoms with Crippen LogP contribution in [0.2, 0.25) is 5.02 Å². The number of carbonyl (C=O) groups excluding carboxylic acids is 1. The molecule has 0 aliphatic carbocycles. The fourth-order valence-corrected chi connectivity index (χ4v) is 6.90. The molecule has 0 atom stereocenters. The fraction of sp³-hybridized carbons (Fsp3) is 0.240. The lowest BCUT2D eigenvalue weighted by Gasteiger charge is -2.33. The van der Waals surface area contributed by atoms with Crippen molar-refractivity contribution in [2.24, 2.45) is 5.92 Å². The van der Waals surface area contributed by atoms with E-state index in [2.05, 4.69) is 9.97 Å². The van der Waals surface area contributed by atoms with E-state index in [1.54, 1.807) is 18.5 Å². The highest BCUT2D eigenvalue weighted by atomic mass is 35.5. The lowest BCUT2D eigenvalue weighted by Crippen LogP contribution is -2.44. The number of piperidine rings is 1. The Morgan fingerprint density at radius 1 is 1.14 bits per heavy atom. The molecule has 4 aromatic rings. The van der Waals surface area contributed by atoms with E-state index in [-0.39, 0.29) is 41.1 Å². The molecule has 1 aliphatic rings. The van der Waals surface area contributed by atoms with Crippen LogP contribution in [-0.2, 0) is 21.4 Å². The van der Waals surface area contributed by atoms with Gasteiger partial charge >= 0.3 is 0 Å². The first kappa shape index (κ1) is 25.7. The van der Waals surface area contributed by atoms with Gasteiger partial charge in [-0.3, -0.25) is 14.7 Å². The second kappa shape index (κ2) is 10.4. The molecule has 0 N–H and O–H groups in total. The van der Waals surface area contributed by atoms with Gasteiger partial charge in [0.15, 0.2) is 10.9 Å². The third kappa shape index (κ3) is 5.35. The minimum absolute atomic E-state index is 0.00531. The van der Waals surface area contributed by atoms with E-state index >= 15 is 0 Å². The number of nitrogens with zero attached hydrogens (tertiary/aromatic N) is 4. The molecule has 37 heavy (non-hydrogen) atoms. The number of thiazole rings is 1. The monoisotopic (exact) mass is 562 g/mol. The molecular formula is C25H21ClF2N4O3S2. The summed E-state index contributed by atoms with van der Waals surface area (Å²) in [7, 11) is -3.72. The number of halogens is 3. The quantitative estimate of drug-likeness (QED) is 0.320. The number of pyridine rings is 1. The summed E-state index contributed by atoms with van der Waals surface area (Å²) in [5.74, 6) is -2.25. The normalized spacial score (nSPS) is 15.2. The number of fused-ring (bicyclic) bond motifs is 1. The summed E-state index contributed by atoms with van der Waals surface area (Å²) in [6.45, 7) is 0.476. The fourth-order valence-electron chi connectivity index (χ4n) is 4.29. The summed E-state index contributed by atoms with van der Waals surface area (Å²) in [5.41, 5.74) is 0.735. The summed E-state index contributed by atoms with van der Waals surface area (Å²) in [6, 6.07) is 11.5. The van der Waals surface area contributed by atoms with E-state index in [1.807, 2.05) is 6.07 Å². The van der Waals surface area contributed by atoms with Crippen LogP contribution >= 0.6 is 22.9 Å². The largest absolute Gasteiger partial charge is 0.283 e. The third-order valence-electron chi connectivity index (χ3n) is 6.22. The molecule has 3 heterocycles. The summed E-state index contributed by atoms with van der Waals surface area (Å²) >= 11 is 6.91. The Balaban J connectivity index is 1.39. The van der Waals surface area contributed by atoms with Gasteiger partial charge in [0.25, 0.3) is 0 Å². The second-order valence-corrected chi connectivity index (χ2v) is 12.0. The molecule has 12 heteroatoms. The highest BCUT2D eigenvalue weighted by Gasteiger charge is 2.35. The summed E-state index contributed by atoms with van der Waals surface area (Å²) in [4.78, 5) is 23.7. The van der Waals surface area contributed by atoms with Gasteiger partial charge in [-0.05, 0) is 54.8 Å². The van der Waals surface area contributed by atoms with Crippen LogP contribution in [0.4, 0.5) is 13.9 Å². The van der Waals surface area contributed by atoms with Crippen LogP contribution in [0.3, 0.4) is 0 Å². The second-order valence-electron chi connectivity index (χ2n) is 8.65. The molecule has 1 fully saturated rings. The number of carbonyl (C=O) groups is 1. The number of rotatable bonds is 6. The van der Waals surface area contributed by atoms with Gasteiger partial charge in [0, 0.05) is 42.5 Å². The van der Waals surface area contributed by atoms with Crippen LogP contribution in [0, 0.1) is 17.6 Å². The zero-order valence-corrected chi connectivity index (χ0v) is 21.7. The summed E-state index contributed by atoms with van der Waals surface area (Å²) in [5, 5.41) is 0.680. The van der Waals surface area contributed by atoms with E-state index < -0.39 is 27.6 Å². The van der Waals surface area contributed by atoms with Crippen molar-refractivity contribution in [1.82, 2.24) is 14.3 Å². The first-order valence-electron chi connectivity index (χ1n) is 11.4. The van der Waals surface area contributed by atoms with Crippen LogP contribution < -0.4 is 4.90 Å². The van der Waals surface area contributed by atoms with Gasteiger partial charge in [-0.2, -0.15) is 4.31 Å². The van der Waals surface area contributed by atoms with Crippen molar-refractivity contribution >= 4 is 54.2 Å². The Morgan fingerprint density at radius 2 is 1.86 bits per heavy atom. The topological polar surface area (TPSA) is 83.5 Å². The number of aromatic nitrogens is 2. The molecule has 0 saturated carbocycles. The maximum Gasteiger partial charge on any atom is 0.243 e. The maximum absolute atomic E-state index is 14.3. The molecular weight excluding hydrogens is 542 g/mol. The van der Waals surface area contributed by atoms with Crippen LogP contribution in [-0.4, -0.2) is 41.7 Å². The molecule has 0 spiro atoms. The number of anilines is 1. The van der Waals surface area contributed by atoms with Gasteiger partial charge in [-0.25, -0.2) is 22.2 Å². The van der Waals surface area contributed by atoms with E-state index in [9.17, 15) is 22.0 Å². The van der Waals surface area contributed by atoms with Gasteiger partial charge in [0.1, 0.15) is 11.3 Å². The zero-order valence-electron chi connectivity index (χ0n) is 19.4. The van der Waals surface area contributed by atoms with Crippen molar-refractivity contribution in [2.75, 3.05) is 18.0 Å². The Labute approximate surface area is 221 Å². The van der Waals surface area contributed by atoms with E-state index in [1.165, 1.54) is 39.5 Å². The molecule has 0 unspecified atom stereocenters. The van der Waals surface area contributed by atoms with Crippen molar-refractivity contribution in [3.63, 3.8) is 0 Å². The van der Waals surface area contributed by atoms with Crippen molar-refractivity contribution in [3.05, 3.63) is 83.1 Å². The lowest BCUT2D eigenvalue weighted by molar-refractivity contribution is -0.123. The van der Waals surface area contributed by atoms with Crippen LogP contribution in [0.25, 0.3) is 10.2 Å². The van der Waals surface area contributed by atoms with E-state index in [4.69, 9.17) is 11.6 Å². The number of amides is 1. The summed E-state index contributed by atoms with van der Waals surface area (Å²) in [6.07, 6.45) is 3.85. The molecule has 7 nitrogen and oxygen atoms in total. The molecule has 1 saturated heterocycles. The van der Waals surface area contributed by atoms with Gasteiger partial charge in [0.2, 0.25) is 15.9 Å². The molecule has 1 amide bonds. The Kier molecular flexibility index (Phi) is 7.21. The van der Waals surface area contributed by atoms with E-state index in [0.717, 1.165) is 23.0 Å². The summed E-state index contributed by atoms with van der Waals surface area (Å²) < 4.78 is 55.8. The van der Waals surface area contributed by atoms with Gasteiger partial charge in [0.05, 0.1) is 16.1 Å². The smallest absolute Gasteiger partial charge is 0.243 e. The Morgan fingerprint density at radius 3 is 2.54 bits per heavy atom. The highest BCUT2D eigenvalue weighted by Crippen LogP contribution is 2.34. The van der Waals surface area contributed by atoms with E-state index in [0.29, 0.717) is 22.6 Å². The molecule has 192 valence electrons. The highest BCUT2D eigenvalue weighted by molar-refractivity contribution is 7.89. The average molecular weight is 563 g/mol. The maximum atomic E-state index is 14.3. The van der Waals surface area contributed by atoms with Crippen molar-refractivity contribution in [1.29, 1.82) is 0 Å². The standard InChI is InChI=1S/C25H21ClF2N4O3S2/c26-18-3-5-20(6-4-18)37(34,35)31-10-7-17(8-11-31)24(33)32(15-16-2-1-9-29-14-16)25-30-23-21(28)12-19(27)13-22(23)36-25/h1-6,9,12-14,17H,7-8,10-11,15H2. The van der Waals surface area contributed by atoms with Gasteiger partial charge in [-0.15, -0.1) is 0 Å². The third-order valence-corrected chi connectivity index (χ3v) is 9.41. The van der Waals surface area contributed by atoms with Crippen LogP contribution in [0.1, 0.15) is 18.4 Å². The zero-order chi connectivity index (χ0) is 26.2. The molecule has 5 rings (SSSR count). The first-order chi connectivity index (χ1) is 17.7. The minimum atomic E-state index is -3.72. The van der Waals surface area contributed by atoms with Gasteiger partial charge < -0.3 is 0 Å². The van der Waals surface area contributed by atoms with Crippen molar-refractivity contribution < 1.29 is 22.0 Å². The minimum Gasteiger partial charge on any atom is -0.283 e. The van der Waals surface area contributed by atoms with Crippen LogP contribution in [0.5, 0.6) is 0 Å². The average Bonchev–Trinajstić information content (AvgIpc) is 3.32. The number of hydrogen-bond acceptors (Lipinski definition) is 6. The molecule has 0 bridgehead atoms. The lowest BCUT2D eigenvalue weighted by atomic mass is 9.96. The van der Waals surface area contributed by atoms with Crippen molar-refractivity contribution in [2.45, 2.75) is 24.3 Å². The number of benzene rings is 2. The Hall–Kier alpha value is -2.99. The number of sulfonamides is 1.